The summed E-state index contributed by atoms with van der Waals surface area (Å²) in [6, 6.07) is 3.04. The van der Waals surface area contributed by atoms with E-state index in [4.69, 9.17) is 28.3 Å². The Labute approximate surface area is 121 Å². The van der Waals surface area contributed by atoms with Crippen LogP contribution in [0.1, 0.15) is 18.4 Å². The van der Waals surface area contributed by atoms with Gasteiger partial charge in [0.1, 0.15) is 11.4 Å². The highest BCUT2D eigenvalue weighted by molar-refractivity contribution is 6.42. The molecule has 0 radical (unpaired) electrons. The zero-order chi connectivity index (χ0) is 14.0. The van der Waals surface area contributed by atoms with Crippen molar-refractivity contribution in [2.45, 2.75) is 25.1 Å². The molecule has 19 heavy (non-hydrogen) atoms. The van der Waals surface area contributed by atoms with Crippen molar-refractivity contribution >= 4 is 23.2 Å². The van der Waals surface area contributed by atoms with E-state index in [0.29, 0.717) is 48.1 Å². The molecule has 0 amide bonds. The maximum absolute atomic E-state index is 13.8. The minimum atomic E-state index is -1.46. The summed E-state index contributed by atoms with van der Waals surface area (Å²) < 4.78 is 13.8. The molecule has 1 aliphatic rings. The van der Waals surface area contributed by atoms with Crippen molar-refractivity contribution in [2.24, 2.45) is 0 Å². The van der Waals surface area contributed by atoms with Gasteiger partial charge in [-0.1, -0.05) is 23.2 Å². The number of aliphatic hydroxyl groups excluding tert-OH is 1. The third-order valence-corrected chi connectivity index (χ3v) is 4.27. The number of aromatic hydroxyl groups is 1. The van der Waals surface area contributed by atoms with Gasteiger partial charge in [-0.2, -0.15) is 0 Å². The molecule has 2 N–H and O–H groups in total. The highest BCUT2D eigenvalue weighted by Gasteiger charge is 2.33. The molecule has 106 valence electrons. The number of benzene rings is 1. The van der Waals surface area contributed by atoms with Crippen molar-refractivity contribution in [3.05, 3.63) is 27.7 Å². The minimum absolute atomic E-state index is 0.0913. The molecule has 1 aromatic carbocycles. The molecule has 0 saturated carbocycles. The molecule has 6 heteroatoms. The maximum atomic E-state index is 13.8. The Bertz CT molecular complexity index is 462. The fourth-order valence-electron chi connectivity index (χ4n) is 2.22. The van der Waals surface area contributed by atoms with Gasteiger partial charge < -0.3 is 10.2 Å². The lowest BCUT2D eigenvalue weighted by Gasteiger charge is -2.35. The predicted molar refractivity (Wildman–Crippen MR) is 73.6 cm³/mol. The number of likely N-dealkylation sites (tertiary alicyclic amines) is 1. The summed E-state index contributed by atoms with van der Waals surface area (Å²) >= 11 is 11.7. The van der Waals surface area contributed by atoms with Gasteiger partial charge in [0.05, 0.1) is 16.7 Å². The Morgan fingerprint density at radius 2 is 1.79 bits per heavy atom. The molecule has 1 saturated heterocycles. The van der Waals surface area contributed by atoms with Gasteiger partial charge in [0.25, 0.3) is 0 Å². The zero-order valence-corrected chi connectivity index (χ0v) is 11.9. The van der Waals surface area contributed by atoms with E-state index in [-0.39, 0.29) is 5.75 Å². The van der Waals surface area contributed by atoms with Gasteiger partial charge in [-0.15, -0.1) is 0 Å². The maximum Gasteiger partial charge on any atom is 0.136 e. The number of hydrogen-bond acceptors (Lipinski definition) is 3. The van der Waals surface area contributed by atoms with E-state index in [1.165, 1.54) is 6.07 Å². The van der Waals surface area contributed by atoms with Crippen molar-refractivity contribution in [2.75, 3.05) is 19.7 Å². The van der Waals surface area contributed by atoms with E-state index in [0.717, 1.165) is 0 Å². The molecule has 0 aliphatic carbocycles. The monoisotopic (exact) mass is 307 g/mol. The van der Waals surface area contributed by atoms with Gasteiger partial charge in [0.2, 0.25) is 0 Å². The average Bonchev–Trinajstić information content (AvgIpc) is 2.39. The largest absolute Gasteiger partial charge is 0.508 e. The van der Waals surface area contributed by atoms with Crippen LogP contribution in [0.2, 0.25) is 10.0 Å². The lowest BCUT2D eigenvalue weighted by molar-refractivity contribution is 0.00661. The van der Waals surface area contributed by atoms with Crippen molar-refractivity contribution in [3.8, 4) is 5.75 Å². The van der Waals surface area contributed by atoms with Crippen LogP contribution in [0.25, 0.3) is 0 Å². The molecule has 1 heterocycles. The first-order valence-electron chi connectivity index (χ1n) is 6.12. The minimum Gasteiger partial charge on any atom is -0.508 e. The Morgan fingerprint density at radius 1 is 1.21 bits per heavy atom. The van der Waals surface area contributed by atoms with Gasteiger partial charge in [-0.25, -0.2) is 4.39 Å². The van der Waals surface area contributed by atoms with Crippen molar-refractivity contribution in [1.82, 2.24) is 4.90 Å². The topological polar surface area (TPSA) is 43.7 Å². The second kappa shape index (κ2) is 5.83. The molecular weight excluding hydrogens is 292 g/mol. The molecule has 0 unspecified atom stereocenters. The Hall–Kier alpha value is -0.550. The summed E-state index contributed by atoms with van der Waals surface area (Å²) in [5, 5.41) is 19.5. The lowest BCUT2D eigenvalue weighted by Crippen LogP contribution is -2.43. The van der Waals surface area contributed by atoms with Crippen molar-refractivity contribution < 1.29 is 14.6 Å². The lowest BCUT2D eigenvalue weighted by atomic mass is 9.94. The van der Waals surface area contributed by atoms with Crippen molar-refractivity contribution in [1.29, 1.82) is 0 Å². The summed E-state index contributed by atoms with van der Waals surface area (Å²) in [5.41, 5.74) is -0.791. The fraction of sp³-hybridized carbons (Fsp3) is 0.538. The number of aliphatic hydroxyl groups is 1. The van der Waals surface area contributed by atoms with Crippen LogP contribution in [0.3, 0.4) is 0 Å². The number of hydrogen-bond donors (Lipinski definition) is 2. The standard InChI is InChI=1S/C13H16Cl2FNO2/c14-10-5-9(12(19)6-11(10)15)7-17-3-1-13(16,8-18)2-4-17/h5-6,18-19H,1-4,7-8H2. The van der Waals surface area contributed by atoms with Gasteiger partial charge in [-0.3, -0.25) is 4.90 Å². The van der Waals surface area contributed by atoms with Crippen LogP contribution in [-0.4, -0.2) is 40.5 Å². The molecule has 0 spiro atoms. The SMILES string of the molecule is OCC1(F)CCN(Cc2cc(Cl)c(Cl)cc2O)CC1. The number of phenols is 1. The van der Waals surface area contributed by atoms with Crippen LogP contribution in [0, 0.1) is 0 Å². The smallest absolute Gasteiger partial charge is 0.136 e. The molecule has 1 aliphatic heterocycles. The summed E-state index contributed by atoms with van der Waals surface area (Å²) in [6.45, 7) is 1.14. The fourth-order valence-corrected chi connectivity index (χ4v) is 2.56. The van der Waals surface area contributed by atoms with Crippen LogP contribution in [0.15, 0.2) is 12.1 Å². The van der Waals surface area contributed by atoms with E-state index >= 15 is 0 Å². The van der Waals surface area contributed by atoms with Crippen molar-refractivity contribution in [3.63, 3.8) is 0 Å². The predicted octanol–water partition coefficient (Wildman–Crippen LogP) is 3.00. The molecule has 0 aromatic heterocycles. The third kappa shape index (κ3) is 3.51. The summed E-state index contributed by atoms with van der Waals surface area (Å²) in [6.07, 6.45) is 0.594. The first kappa shape index (κ1) is 14.9. The third-order valence-electron chi connectivity index (χ3n) is 3.55. The molecule has 0 bridgehead atoms. The highest BCUT2D eigenvalue weighted by Crippen LogP contribution is 2.32. The van der Waals surface area contributed by atoms with E-state index < -0.39 is 12.3 Å². The molecule has 1 aromatic rings. The van der Waals surface area contributed by atoms with Crippen LogP contribution in [-0.2, 0) is 6.54 Å². The Balaban J connectivity index is 2.02. The number of piperidine rings is 1. The van der Waals surface area contributed by atoms with Crippen LogP contribution < -0.4 is 0 Å². The zero-order valence-electron chi connectivity index (χ0n) is 10.4. The Morgan fingerprint density at radius 3 is 2.37 bits per heavy atom. The number of halogens is 3. The van der Waals surface area contributed by atoms with Gasteiger partial charge in [0.15, 0.2) is 0 Å². The number of phenolic OH excluding ortho intramolecular Hbond substituents is 1. The van der Waals surface area contributed by atoms with E-state index in [1.807, 2.05) is 4.90 Å². The quantitative estimate of drug-likeness (QED) is 0.902. The Kier molecular flexibility index (Phi) is 4.56. The van der Waals surface area contributed by atoms with E-state index in [2.05, 4.69) is 0 Å². The molecule has 0 atom stereocenters. The normalized spacial score (nSPS) is 19.6. The molecule has 3 nitrogen and oxygen atoms in total. The number of nitrogens with zero attached hydrogens (tertiary/aromatic N) is 1. The van der Waals surface area contributed by atoms with E-state index in [9.17, 15) is 9.50 Å². The molecule has 2 rings (SSSR count). The first-order chi connectivity index (χ1) is 8.93. The van der Waals surface area contributed by atoms with Crippen LogP contribution in [0.5, 0.6) is 5.75 Å². The van der Waals surface area contributed by atoms with Gasteiger partial charge >= 0.3 is 0 Å². The average molecular weight is 308 g/mol. The highest BCUT2D eigenvalue weighted by atomic mass is 35.5. The summed E-state index contributed by atoms with van der Waals surface area (Å²) in [7, 11) is 0. The first-order valence-corrected chi connectivity index (χ1v) is 6.88. The van der Waals surface area contributed by atoms with Crippen LogP contribution in [0.4, 0.5) is 4.39 Å². The molecule has 1 fully saturated rings. The van der Waals surface area contributed by atoms with Gasteiger partial charge in [-0.05, 0) is 18.9 Å². The van der Waals surface area contributed by atoms with Crippen LogP contribution >= 0.6 is 23.2 Å². The summed E-state index contributed by atoms with van der Waals surface area (Å²) in [4.78, 5) is 2.02. The van der Waals surface area contributed by atoms with E-state index in [1.54, 1.807) is 6.07 Å². The number of alkyl halides is 1. The molecular formula is C13H16Cl2FNO2. The second-order valence-corrected chi connectivity index (χ2v) is 5.79. The second-order valence-electron chi connectivity index (χ2n) is 4.98. The van der Waals surface area contributed by atoms with Gasteiger partial charge in [0, 0.05) is 31.3 Å². The number of rotatable bonds is 3. The summed E-state index contributed by atoms with van der Waals surface area (Å²) in [5.74, 6) is 0.0913.